The highest BCUT2D eigenvalue weighted by Crippen LogP contribution is 2.66. The summed E-state index contributed by atoms with van der Waals surface area (Å²) in [5.41, 5.74) is -4.03. The maximum absolute atomic E-state index is 13.7. The Bertz CT molecular complexity index is 771. The lowest BCUT2D eigenvalue weighted by Gasteiger charge is -2.41. The van der Waals surface area contributed by atoms with Crippen LogP contribution in [0.15, 0.2) is 23.8 Å². The first-order chi connectivity index (χ1) is 14.0. The summed E-state index contributed by atoms with van der Waals surface area (Å²) >= 11 is 0. The lowest BCUT2D eigenvalue weighted by molar-refractivity contribution is -0.340. The molecule has 3 aliphatic rings. The minimum atomic E-state index is -5.63. The van der Waals surface area contributed by atoms with Gasteiger partial charge in [-0.3, -0.25) is 4.79 Å². The summed E-state index contributed by atoms with van der Waals surface area (Å²) in [5, 5.41) is 0. The predicted molar refractivity (Wildman–Crippen MR) is 108 cm³/mol. The molecule has 0 aliphatic heterocycles. The van der Waals surface area contributed by atoms with E-state index in [4.69, 9.17) is 4.43 Å². The van der Waals surface area contributed by atoms with Crippen molar-refractivity contribution in [2.75, 3.05) is 0 Å². The Balaban J connectivity index is 1.89. The van der Waals surface area contributed by atoms with E-state index in [1.807, 2.05) is 13.0 Å². The van der Waals surface area contributed by atoms with E-state index in [0.717, 1.165) is 24.5 Å². The molecule has 2 nitrogen and oxygen atoms in total. The van der Waals surface area contributed by atoms with E-state index in [1.54, 1.807) is 0 Å². The summed E-state index contributed by atoms with van der Waals surface area (Å²) in [6.07, 6.45) is -3.78. The van der Waals surface area contributed by atoms with Crippen molar-refractivity contribution in [2.24, 2.45) is 16.7 Å². The summed E-state index contributed by atoms with van der Waals surface area (Å²) in [4.78, 5) is 12.4. The number of allylic oxidation sites excluding steroid dienone is 3. The lowest BCUT2D eigenvalue weighted by Crippen LogP contribution is -2.61. The maximum atomic E-state index is 13.7. The van der Waals surface area contributed by atoms with E-state index in [9.17, 15) is 31.1 Å². The molecular weight excluding hydrogens is 438 g/mol. The molecule has 0 aromatic heterocycles. The van der Waals surface area contributed by atoms with Gasteiger partial charge in [-0.15, -0.1) is 0 Å². The molecule has 2 atom stereocenters. The highest BCUT2D eigenvalue weighted by Gasteiger charge is 2.71. The largest absolute Gasteiger partial charge is 0.429 e. The maximum Gasteiger partial charge on any atom is 0.429 e. The van der Waals surface area contributed by atoms with Crippen molar-refractivity contribution in [3.63, 3.8) is 0 Å². The molecule has 2 fully saturated rings. The van der Waals surface area contributed by atoms with Crippen LogP contribution in [-0.2, 0) is 9.22 Å². The zero-order valence-corrected chi connectivity index (χ0v) is 19.3. The smallest absolute Gasteiger partial charge is 0.394 e. The zero-order valence-electron chi connectivity index (χ0n) is 18.3. The van der Waals surface area contributed by atoms with Crippen LogP contribution >= 0.6 is 0 Å². The van der Waals surface area contributed by atoms with E-state index in [-0.39, 0.29) is 29.6 Å². The van der Waals surface area contributed by atoms with Gasteiger partial charge in [-0.25, -0.2) is 0 Å². The van der Waals surface area contributed by atoms with Gasteiger partial charge < -0.3 is 4.43 Å². The average molecular weight is 469 g/mol. The molecule has 0 aromatic carbocycles. The van der Waals surface area contributed by atoms with Crippen molar-refractivity contribution in [3.8, 4) is 0 Å². The number of rotatable bonds is 6. The van der Waals surface area contributed by atoms with Gasteiger partial charge in [0.1, 0.15) is 5.78 Å². The van der Waals surface area contributed by atoms with Crippen LogP contribution in [0.2, 0.25) is 19.6 Å². The number of Topliss-reactive ketones (excluding diaryl/α,β-unsaturated/α-hetero) is 1. The number of carbonyl (C=O) groups is 1. The summed E-state index contributed by atoms with van der Waals surface area (Å²) in [6, 6.07) is 0. The Morgan fingerprint density at radius 2 is 1.68 bits per heavy atom. The number of ketones is 1. The standard InChI is InChI=1S/C22H30F6O2Si/c1-18-10-5-7-16(29)15(18)8-9-17(18)19(13-14-19)11-6-12-20(21(23,24)25,22(26,27)28)30-31(2,3)4/h6,9,12,15H,5,7-8,10-11,13-14H2,1-4H3/t15?,18-/m0/s1. The van der Waals surface area contributed by atoms with Gasteiger partial charge in [0, 0.05) is 12.3 Å². The van der Waals surface area contributed by atoms with Crippen LogP contribution in [0.4, 0.5) is 26.3 Å². The second kappa shape index (κ2) is 7.47. The summed E-state index contributed by atoms with van der Waals surface area (Å²) in [6.45, 7) is 5.95. The summed E-state index contributed by atoms with van der Waals surface area (Å²) in [7, 11) is -3.20. The molecule has 3 rings (SSSR count). The van der Waals surface area contributed by atoms with Crippen molar-refractivity contribution >= 4 is 14.1 Å². The van der Waals surface area contributed by atoms with Gasteiger partial charge in [0.15, 0.2) is 8.32 Å². The second-order valence-corrected chi connectivity index (χ2v) is 14.9. The van der Waals surface area contributed by atoms with Crippen molar-refractivity contribution in [2.45, 2.75) is 89.5 Å². The molecule has 0 spiro atoms. The number of hydrogen-bond donors (Lipinski definition) is 0. The molecule has 9 heteroatoms. The number of carbonyl (C=O) groups excluding carboxylic acids is 1. The number of alkyl halides is 6. The zero-order chi connectivity index (χ0) is 23.5. The normalized spacial score (nSPS) is 29.3. The highest BCUT2D eigenvalue weighted by molar-refractivity contribution is 6.69. The topological polar surface area (TPSA) is 26.3 Å². The molecule has 0 bridgehead atoms. The molecule has 0 aromatic rings. The Morgan fingerprint density at radius 1 is 1.10 bits per heavy atom. The van der Waals surface area contributed by atoms with Crippen LogP contribution in [0, 0.1) is 16.7 Å². The van der Waals surface area contributed by atoms with Gasteiger partial charge in [-0.05, 0) is 75.1 Å². The Hall–Kier alpha value is -1.09. The second-order valence-electron chi connectivity index (χ2n) is 10.5. The first-order valence-corrected chi connectivity index (χ1v) is 14.1. The highest BCUT2D eigenvalue weighted by atomic mass is 28.4. The molecular formula is C22H30F6O2Si. The SMILES string of the molecule is C[C@]12CCCC(=O)C1CC=C2C1(CC=CC(O[Si](C)(C)C)(C(F)(F)F)C(F)(F)F)CC1. The van der Waals surface area contributed by atoms with Crippen LogP contribution in [0.5, 0.6) is 0 Å². The lowest BCUT2D eigenvalue weighted by atomic mass is 9.62. The van der Waals surface area contributed by atoms with E-state index in [1.165, 1.54) is 19.6 Å². The van der Waals surface area contributed by atoms with Gasteiger partial charge in [-0.1, -0.05) is 24.6 Å². The van der Waals surface area contributed by atoms with Crippen LogP contribution in [-0.4, -0.2) is 32.1 Å². The predicted octanol–water partition coefficient (Wildman–Crippen LogP) is 7.13. The molecule has 2 saturated carbocycles. The molecule has 3 aliphatic carbocycles. The van der Waals surface area contributed by atoms with E-state index in [0.29, 0.717) is 25.7 Å². The Kier molecular flexibility index (Phi) is 5.91. The molecule has 0 heterocycles. The number of hydrogen-bond acceptors (Lipinski definition) is 2. The van der Waals surface area contributed by atoms with Gasteiger partial charge in [0.05, 0.1) is 0 Å². The number of halogens is 6. The van der Waals surface area contributed by atoms with Gasteiger partial charge in [0.25, 0.3) is 5.60 Å². The van der Waals surface area contributed by atoms with Crippen molar-refractivity contribution in [1.29, 1.82) is 0 Å². The third kappa shape index (κ3) is 4.28. The van der Waals surface area contributed by atoms with Crippen LogP contribution < -0.4 is 0 Å². The van der Waals surface area contributed by atoms with Crippen LogP contribution in [0.25, 0.3) is 0 Å². The van der Waals surface area contributed by atoms with Crippen molar-refractivity contribution < 1.29 is 35.6 Å². The monoisotopic (exact) mass is 468 g/mol. The van der Waals surface area contributed by atoms with Crippen molar-refractivity contribution in [3.05, 3.63) is 23.8 Å². The molecule has 0 amide bonds. The first-order valence-electron chi connectivity index (χ1n) is 10.7. The quantitative estimate of drug-likeness (QED) is 0.235. The first kappa shape index (κ1) is 24.5. The molecule has 0 N–H and O–H groups in total. The third-order valence-electron chi connectivity index (χ3n) is 7.05. The fraction of sp³-hybridized carbons (Fsp3) is 0.773. The molecule has 176 valence electrons. The average Bonchev–Trinajstić information content (AvgIpc) is 3.25. The molecule has 1 unspecified atom stereocenters. The van der Waals surface area contributed by atoms with Crippen LogP contribution in [0.3, 0.4) is 0 Å². The molecule has 0 saturated heterocycles. The Labute approximate surface area is 180 Å². The fourth-order valence-corrected chi connectivity index (χ4v) is 6.77. The number of fused-ring (bicyclic) bond motifs is 1. The van der Waals surface area contributed by atoms with E-state index >= 15 is 0 Å². The van der Waals surface area contributed by atoms with E-state index in [2.05, 4.69) is 0 Å². The fourth-order valence-electron chi connectivity index (χ4n) is 5.51. The third-order valence-corrected chi connectivity index (χ3v) is 7.98. The van der Waals surface area contributed by atoms with E-state index < -0.39 is 31.7 Å². The minimum absolute atomic E-state index is 0.0816. The Morgan fingerprint density at radius 3 is 2.16 bits per heavy atom. The van der Waals surface area contributed by atoms with Gasteiger partial charge in [-0.2, -0.15) is 26.3 Å². The summed E-state index contributed by atoms with van der Waals surface area (Å²) < 4.78 is 87.2. The van der Waals surface area contributed by atoms with Crippen molar-refractivity contribution in [1.82, 2.24) is 0 Å². The van der Waals surface area contributed by atoms with Gasteiger partial charge >= 0.3 is 12.4 Å². The minimum Gasteiger partial charge on any atom is -0.394 e. The van der Waals surface area contributed by atoms with Crippen LogP contribution in [0.1, 0.15) is 51.9 Å². The molecule has 0 radical (unpaired) electrons. The summed E-state index contributed by atoms with van der Waals surface area (Å²) in [5.74, 6) is 0.0976. The van der Waals surface area contributed by atoms with Gasteiger partial charge in [0.2, 0.25) is 0 Å². The molecule has 31 heavy (non-hydrogen) atoms.